The Labute approximate surface area is 160 Å². The average Bonchev–Trinajstić information content (AvgIpc) is 2.72. The highest BCUT2D eigenvalue weighted by molar-refractivity contribution is 7.80. The van der Waals surface area contributed by atoms with E-state index < -0.39 is 0 Å². The van der Waals surface area contributed by atoms with Gasteiger partial charge in [-0.3, -0.25) is 0 Å². The first-order valence-corrected chi connectivity index (χ1v) is 8.94. The molecule has 0 spiro atoms. The van der Waals surface area contributed by atoms with Crippen molar-refractivity contribution < 1.29 is 4.74 Å². The van der Waals surface area contributed by atoms with Crippen LogP contribution in [0, 0.1) is 0 Å². The lowest BCUT2D eigenvalue weighted by molar-refractivity contribution is 0.414. The fraction of sp³-hybridized carbons (Fsp3) is 0.136. The minimum atomic E-state index is 0.00765. The van der Waals surface area contributed by atoms with Gasteiger partial charge in [-0.25, -0.2) is 0 Å². The van der Waals surface area contributed by atoms with Crippen LogP contribution >= 0.6 is 12.2 Å². The second-order valence-electron chi connectivity index (χ2n) is 5.93. The standard InChI is InChI=1S/C22H22N2OS/c1-25-20-14-12-17(13-15-20)16-23-22(26)24-21(18-8-4-2-5-9-18)19-10-6-3-7-11-19/h2-15,21H,16H2,1H3,(H2,23,24,26). The smallest absolute Gasteiger partial charge is 0.167 e. The molecule has 0 amide bonds. The Morgan fingerprint density at radius 3 is 1.88 bits per heavy atom. The topological polar surface area (TPSA) is 33.3 Å². The summed E-state index contributed by atoms with van der Waals surface area (Å²) in [6.07, 6.45) is 0. The van der Waals surface area contributed by atoms with Gasteiger partial charge in [0, 0.05) is 6.54 Å². The van der Waals surface area contributed by atoms with Gasteiger partial charge >= 0.3 is 0 Å². The Balaban J connectivity index is 1.67. The lowest BCUT2D eigenvalue weighted by Crippen LogP contribution is -2.37. The van der Waals surface area contributed by atoms with Gasteiger partial charge in [0.2, 0.25) is 0 Å². The predicted octanol–water partition coefficient (Wildman–Crippen LogP) is 4.45. The molecule has 0 aliphatic heterocycles. The molecule has 0 bridgehead atoms. The van der Waals surface area contributed by atoms with Crippen LogP contribution in [0.5, 0.6) is 5.75 Å². The van der Waals surface area contributed by atoms with E-state index in [1.54, 1.807) is 7.11 Å². The second kappa shape index (κ2) is 9.02. The van der Waals surface area contributed by atoms with Gasteiger partial charge < -0.3 is 15.4 Å². The highest BCUT2D eigenvalue weighted by Crippen LogP contribution is 2.21. The number of hydrogen-bond donors (Lipinski definition) is 2. The van der Waals surface area contributed by atoms with Crippen molar-refractivity contribution in [2.45, 2.75) is 12.6 Å². The van der Waals surface area contributed by atoms with Gasteiger partial charge in [-0.15, -0.1) is 0 Å². The van der Waals surface area contributed by atoms with Crippen LogP contribution in [0.15, 0.2) is 84.9 Å². The lowest BCUT2D eigenvalue weighted by Gasteiger charge is -2.22. The summed E-state index contributed by atoms with van der Waals surface area (Å²) < 4.78 is 5.19. The van der Waals surface area contributed by atoms with Crippen molar-refractivity contribution in [2.24, 2.45) is 0 Å². The number of methoxy groups -OCH3 is 1. The Hall–Kier alpha value is -2.85. The molecule has 26 heavy (non-hydrogen) atoms. The van der Waals surface area contributed by atoms with Crippen LogP contribution in [0.25, 0.3) is 0 Å². The zero-order chi connectivity index (χ0) is 18.2. The molecular formula is C22H22N2OS. The van der Waals surface area contributed by atoms with Crippen LogP contribution in [-0.2, 0) is 6.54 Å². The first kappa shape index (κ1) is 18.0. The third kappa shape index (κ3) is 4.83. The van der Waals surface area contributed by atoms with Crippen LogP contribution in [0.4, 0.5) is 0 Å². The molecule has 2 N–H and O–H groups in total. The Morgan fingerprint density at radius 2 is 1.38 bits per heavy atom. The molecule has 0 atom stereocenters. The van der Waals surface area contributed by atoms with Gasteiger partial charge in [-0.2, -0.15) is 0 Å². The SMILES string of the molecule is COc1ccc(CNC(=S)NC(c2ccccc2)c2ccccc2)cc1. The molecule has 0 radical (unpaired) electrons. The number of ether oxygens (including phenoxy) is 1. The van der Waals surface area contributed by atoms with Crippen LogP contribution in [0.1, 0.15) is 22.7 Å². The van der Waals surface area contributed by atoms with Crippen molar-refractivity contribution in [1.29, 1.82) is 0 Å². The van der Waals surface area contributed by atoms with Gasteiger partial charge in [0.05, 0.1) is 13.2 Å². The number of rotatable bonds is 6. The summed E-state index contributed by atoms with van der Waals surface area (Å²) in [7, 11) is 1.67. The molecule has 3 aromatic rings. The van der Waals surface area contributed by atoms with Gasteiger partial charge in [-0.05, 0) is 41.0 Å². The number of nitrogens with one attached hydrogen (secondary N) is 2. The maximum absolute atomic E-state index is 5.53. The van der Waals surface area contributed by atoms with Crippen molar-refractivity contribution >= 4 is 17.3 Å². The molecule has 0 aliphatic rings. The molecule has 0 heterocycles. The van der Waals surface area contributed by atoms with Crippen molar-refractivity contribution in [3.63, 3.8) is 0 Å². The van der Waals surface area contributed by atoms with Gasteiger partial charge in [0.15, 0.2) is 5.11 Å². The summed E-state index contributed by atoms with van der Waals surface area (Å²) in [6, 6.07) is 28.6. The molecular weight excluding hydrogens is 340 g/mol. The predicted molar refractivity (Wildman–Crippen MR) is 110 cm³/mol. The fourth-order valence-corrected chi connectivity index (χ4v) is 2.95. The normalized spacial score (nSPS) is 10.4. The lowest BCUT2D eigenvalue weighted by atomic mass is 9.99. The Bertz CT molecular complexity index is 780. The average molecular weight is 362 g/mol. The summed E-state index contributed by atoms with van der Waals surface area (Å²) in [6.45, 7) is 0.659. The maximum atomic E-state index is 5.53. The van der Waals surface area contributed by atoms with E-state index in [9.17, 15) is 0 Å². The minimum absolute atomic E-state index is 0.00765. The molecule has 0 aromatic heterocycles. The summed E-state index contributed by atoms with van der Waals surface area (Å²) in [4.78, 5) is 0. The van der Waals surface area contributed by atoms with Crippen molar-refractivity contribution in [3.05, 3.63) is 102 Å². The largest absolute Gasteiger partial charge is 0.497 e. The fourth-order valence-electron chi connectivity index (χ4n) is 2.76. The van der Waals surface area contributed by atoms with E-state index in [2.05, 4.69) is 34.9 Å². The highest BCUT2D eigenvalue weighted by Gasteiger charge is 2.14. The molecule has 0 saturated heterocycles. The summed E-state index contributed by atoms with van der Waals surface area (Å²) in [5.74, 6) is 0.850. The molecule has 0 aliphatic carbocycles. The number of thiocarbonyl (C=S) groups is 1. The van der Waals surface area contributed by atoms with Crippen LogP contribution in [0.3, 0.4) is 0 Å². The van der Waals surface area contributed by atoms with Crippen LogP contribution in [0.2, 0.25) is 0 Å². The molecule has 3 aromatic carbocycles. The quantitative estimate of drug-likeness (QED) is 0.635. The zero-order valence-corrected chi connectivity index (χ0v) is 15.5. The van der Waals surface area contributed by atoms with Gasteiger partial charge in [-0.1, -0.05) is 72.8 Å². The Kier molecular flexibility index (Phi) is 6.23. The van der Waals surface area contributed by atoms with E-state index >= 15 is 0 Å². The molecule has 3 nitrogen and oxygen atoms in total. The third-order valence-electron chi connectivity index (χ3n) is 4.15. The number of hydrogen-bond acceptors (Lipinski definition) is 2. The highest BCUT2D eigenvalue weighted by atomic mass is 32.1. The van der Waals surface area contributed by atoms with E-state index in [4.69, 9.17) is 17.0 Å². The zero-order valence-electron chi connectivity index (χ0n) is 14.7. The van der Waals surface area contributed by atoms with E-state index in [1.165, 1.54) is 11.1 Å². The van der Waals surface area contributed by atoms with Crippen molar-refractivity contribution in [3.8, 4) is 5.75 Å². The van der Waals surface area contributed by atoms with Crippen molar-refractivity contribution in [2.75, 3.05) is 7.11 Å². The van der Waals surface area contributed by atoms with E-state index in [-0.39, 0.29) is 6.04 Å². The van der Waals surface area contributed by atoms with Crippen LogP contribution in [-0.4, -0.2) is 12.2 Å². The van der Waals surface area contributed by atoms with Crippen molar-refractivity contribution in [1.82, 2.24) is 10.6 Å². The molecule has 4 heteroatoms. The number of benzene rings is 3. The first-order chi connectivity index (χ1) is 12.8. The second-order valence-corrected chi connectivity index (χ2v) is 6.34. The first-order valence-electron chi connectivity index (χ1n) is 8.53. The molecule has 132 valence electrons. The molecule has 0 fully saturated rings. The minimum Gasteiger partial charge on any atom is -0.497 e. The molecule has 0 saturated carbocycles. The van der Waals surface area contributed by atoms with E-state index in [1.807, 2.05) is 60.7 Å². The molecule has 3 rings (SSSR count). The molecule has 0 unspecified atom stereocenters. The van der Waals surface area contributed by atoms with Gasteiger partial charge in [0.1, 0.15) is 5.75 Å². The third-order valence-corrected chi connectivity index (χ3v) is 4.42. The Morgan fingerprint density at radius 1 is 0.846 bits per heavy atom. The summed E-state index contributed by atoms with van der Waals surface area (Å²) in [5, 5.41) is 7.35. The monoisotopic (exact) mass is 362 g/mol. The summed E-state index contributed by atoms with van der Waals surface area (Å²) >= 11 is 5.53. The summed E-state index contributed by atoms with van der Waals surface area (Å²) in [5.41, 5.74) is 3.49. The van der Waals surface area contributed by atoms with E-state index in [0.29, 0.717) is 11.7 Å². The maximum Gasteiger partial charge on any atom is 0.167 e. The van der Waals surface area contributed by atoms with Crippen LogP contribution < -0.4 is 15.4 Å². The van der Waals surface area contributed by atoms with Gasteiger partial charge in [0.25, 0.3) is 0 Å². The van der Waals surface area contributed by atoms with E-state index in [0.717, 1.165) is 11.3 Å².